The molecule has 1 aromatic rings. The maximum absolute atomic E-state index is 12.2. The number of nitrogens with one attached hydrogen (secondary N) is 1. The van der Waals surface area contributed by atoms with E-state index < -0.39 is 36.2 Å². The molecule has 2 aliphatic rings. The number of fused-ring (bicyclic) bond motifs is 2. The third-order valence-corrected chi connectivity index (χ3v) is 5.34. The summed E-state index contributed by atoms with van der Waals surface area (Å²) in [7, 11) is 6.16. The fraction of sp³-hybridized carbons (Fsp3) is 0.545. The van der Waals surface area contributed by atoms with Crippen molar-refractivity contribution in [3.05, 3.63) is 44.1 Å². The van der Waals surface area contributed by atoms with E-state index in [0.29, 0.717) is 11.0 Å². The van der Waals surface area contributed by atoms with Crippen LogP contribution < -0.4 is 11.2 Å². The SMILES string of the molecule is C[N+](C)(C)CCO.Cc1cc2nc3c(=O)[nH]c(=O)nc-3n(C[C@H](O)[C@H](O)[C@H](O)CO)c2cc1C. The van der Waals surface area contributed by atoms with Crippen LogP contribution in [0.15, 0.2) is 21.7 Å². The lowest BCUT2D eigenvalue weighted by Gasteiger charge is -2.25. The Morgan fingerprint density at radius 3 is 2.15 bits per heavy atom. The molecule has 0 saturated carbocycles. The Balaban J connectivity index is 0.000000509. The summed E-state index contributed by atoms with van der Waals surface area (Å²) in [5, 5.41) is 47.2. The maximum atomic E-state index is 12.2. The summed E-state index contributed by atoms with van der Waals surface area (Å²) in [6.45, 7) is 3.84. The van der Waals surface area contributed by atoms with E-state index in [0.717, 1.165) is 22.2 Å². The molecule has 0 spiro atoms. The van der Waals surface area contributed by atoms with E-state index in [-0.39, 0.29) is 24.7 Å². The van der Waals surface area contributed by atoms with Crippen LogP contribution in [0.25, 0.3) is 22.6 Å². The van der Waals surface area contributed by atoms with Crippen molar-refractivity contribution >= 4 is 11.0 Å². The second-order valence-corrected chi connectivity index (χ2v) is 9.24. The summed E-state index contributed by atoms with van der Waals surface area (Å²) in [6.07, 6.45) is -4.68. The summed E-state index contributed by atoms with van der Waals surface area (Å²) in [5.74, 6) is -0.0516. The number of H-pyrrole nitrogens is 1. The van der Waals surface area contributed by atoms with Crippen LogP contribution in [0.1, 0.15) is 11.1 Å². The van der Waals surface area contributed by atoms with Crippen molar-refractivity contribution in [2.75, 3.05) is 40.9 Å². The van der Waals surface area contributed by atoms with Gasteiger partial charge in [0.1, 0.15) is 24.9 Å². The maximum Gasteiger partial charge on any atom is 0.349 e. The molecule has 0 aromatic heterocycles. The number of hydrogen-bond acceptors (Lipinski definition) is 9. The second-order valence-electron chi connectivity index (χ2n) is 9.24. The van der Waals surface area contributed by atoms with Gasteiger partial charge in [-0.15, -0.1) is 0 Å². The van der Waals surface area contributed by atoms with Gasteiger partial charge in [0.05, 0.1) is 51.9 Å². The molecule has 2 heterocycles. The van der Waals surface area contributed by atoms with Crippen molar-refractivity contribution in [3.63, 3.8) is 0 Å². The van der Waals surface area contributed by atoms with Crippen LogP contribution in [-0.2, 0) is 6.54 Å². The van der Waals surface area contributed by atoms with Crippen LogP contribution in [0.4, 0.5) is 0 Å². The van der Waals surface area contributed by atoms with Crippen molar-refractivity contribution in [2.24, 2.45) is 0 Å². The highest BCUT2D eigenvalue weighted by atomic mass is 16.4. The summed E-state index contributed by atoms with van der Waals surface area (Å²) >= 11 is 0. The molecule has 6 N–H and O–H groups in total. The Hall–Kier alpha value is -2.74. The number of benzene rings is 1. The molecular weight excluding hydrogens is 446 g/mol. The van der Waals surface area contributed by atoms with Gasteiger partial charge in [0, 0.05) is 0 Å². The van der Waals surface area contributed by atoms with E-state index in [2.05, 4.69) is 36.1 Å². The van der Waals surface area contributed by atoms with Crippen LogP contribution in [0.3, 0.4) is 0 Å². The summed E-state index contributed by atoms with van der Waals surface area (Å²) in [5.41, 5.74) is 1.11. The quantitative estimate of drug-likeness (QED) is 0.164. The zero-order valence-corrected chi connectivity index (χ0v) is 20.1. The van der Waals surface area contributed by atoms with E-state index >= 15 is 0 Å². The number of quaternary nitrogens is 1. The molecule has 0 unspecified atom stereocenters. The average Bonchev–Trinajstić information content (AvgIpc) is 2.74. The van der Waals surface area contributed by atoms with Gasteiger partial charge in [-0.1, -0.05) is 0 Å². The summed E-state index contributed by atoms with van der Waals surface area (Å²) < 4.78 is 2.25. The van der Waals surface area contributed by atoms with E-state index in [1.165, 1.54) is 4.57 Å². The molecule has 0 saturated heterocycles. The monoisotopic (exact) mass is 480 g/mol. The molecule has 0 amide bonds. The highest BCUT2D eigenvalue weighted by Crippen LogP contribution is 2.24. The number of aliphatic hydroxyl groups excluding tert-OH is 5. The Labute approximate surface area is 196 Å². The lowest BCUT2D eigenvalue weighted by Crippen LogP contribution is -2.42. The van der Waals surface area contributed by atoms with Crippen molar-refractivity contribution < 1.29 is 30.0 Å². The standard InChI is InChI=1S/C17H20N4O6.C5H14NO/c1-7-3-9-10(4-8(7)2)21(5-11(23)14(25)12(24)6-22)15-13(18-9)16(26)20-17(27)19-15;1-6(2,3)4-5-7/h3-4,11-12,14,22-25H,5-6H2,1-2H3,(H,20,26,27);7H,4-5H2,1-3H3/q;+1/t11-,12+,14-;/m0./s1. The largest absolute Gasteiger partial charge is 0.394 e. The third-order valence-electron chi connectivity index (χ3n) is 5.34. The van der Waals surface area contributed by atoms with E-state index in [4.69, 9.17) is 10.2 Å². The highest BCUT2D eigenvalue weighted by molar-refractivity contribution is 5.81. The predicted molar refractivity (Wildman–Crippen MR) is 126 cm³/mol. The molecule has 3 rings (SSSR count). The first-order valence-corrected chi connectivity index (χ1v) is 10.8. The van der Waals surface area contributed by atoms with Crippen molar-refractivity contribution in [1.82, 2.24) is 19.5 Å². The van der Waals surface area contributed by atoms with E-state index in [1.807, 2.05) is 13.8 Å². The fourth-order valence-corrected chi connectivity index (χ4v) is 3.19. The molecule has 1 aromatic carbocycles. The van der Waals surface area contributed by atoms with Gasteiger partial charge in [-0.25, -0.2) is 9.78 Å². The van der Waals surface area contributed by atoms with Gasteiger partial charge in [-0.2, -0.15) is 4.98 Å². The second kappa shape index (κ2) is 11.1. The van der Waals surface area contributed by atoms with E-state index in [1.54, 1.807) is 12.1 Å². The minimum atomic E-state index is -1.64. The molecular formula is C22H34N5O7+. The lowest BCUT2D eigenvalue weighted by atomic mass is 10.1. The number of likely N-dealkylation sites (N-methyl/N-ethyl adjacent to an activating group) is 1. The fourth-order valence-electron chi connectivity index (χ4n) is 3.19. The topological polar surface area (TPSA) is 182 Å². The molecule has 0 aliphatic carbocycles. The van der Waals surface area contributed by atoms with Gasteiger partial charge >= 0.3 is 5.69 Å². The average molecular weight is 481 g/mol. The van der Waals surface area contributed by atoms with Gasteiger partial charge in [-0.3, -0.25) is 9.78 Å². The van der Waals surface area contributed by atoms with Crippen LogP contribution in [0.5, 0.6) is 0 Å². The van der Waals surface area contributed by atoms with Crippen LogP contribution >= 0.6 is 0 Å². The zero-order chi connectivity index (χ0) is 25.8. The van der Waals surface area contributed by atoms with Crippen LogP contribution in [-0.4, -0.2) is 109 Å². The van der Waals surface area contributed by atoms with Crippen molar-refractivity contribution in [2.45, 2.75) is 38.7 Å². The van der Waals surface area contributed by atoms with Crippen molar-refractivity contribution in [3.8, 4) is 11.5 Å². The number of aromatic nitrogens is 4. The van der Waals surface area contributed by atoms with Gasteiger partial charge in [-0.05, 0) is 37.1 Å². The molecule has 34 heavy (non-hydrogen) atoms. The van der Waals surface area contributed by atoms with Crippen molar-refractivity contribution in [1.29, 1.82) is 0 Å². The number of rotatable bonds is 7. The normalized spacial score (nSPS) is 14.5. The van der Waals surface area contributed by atoms with Crippen LogP contribution in [0, 0.1) is 13.8 Å². The minimum absolute atomic E-state index is 0.0516. The summed E-state index contributed by atoms with van der Waals surface area (Å²) in [6, 6.07) is 3.53. The first-order valence-electron chi connectivity index (χ1n) is 10.8. The Kier molecular flexibility index (Phi) is 9.00. The molecule has 12 heteroatoms. The molecule has 0 fully saturated rings. The smallest absolute Gasteiger partial charge is 0.349 e. The Bertz CT molecular complexity index is 1200. The van der Waals surface area contributed by atoms with Gasteiger partial charge < -0.3 is 34.6 Å². The van der Waals surface area contributed by atoms with Gasteiger partial charge in [0.25, 0.3) is 5.56 Å². The zero-order valence-electron chi connectivity index (χ0n) is 20.1. The first kappa shape index (κ1) is 27.5. The Morgan fingerprint density at radius 2 is 1.62 bits per heavy atom. The number of hydrogen-bond donors (Lipinski definition) is 6. The first-order chi connectivity index (χ1) is 15.8. The molecule has 2 aliphatic heterocycles. The lowest BCUT2D eigenvalue weighted by molar-refractivity contribution is -0.870. The number of aryl methyl sites for hydroxylation is 2. The van der Waals surface area contributed by atoms with Gasteiger partial charge in [0.15, 0.2) is 11.5 Å². The third kappa shape index (κ3) is 6.65. The highest BCUT2D eigenvalue weighted by Gasteiger charge is 2.27. The molecule has 0 bridgehead atoms. The summed E-state index contributed by atoms with van der Waals surface area (Å²) in [4.78, 5) is 34.0. The Morgan fingerprint density at radius 1 is 1.00 bits per heavy atom. The van der Waals surface area contributed by atoms with Gasteiger partial charge in [0.2, 0.25) is 0 Å². The molecule has 188 valence electrons. The molecule has 0 radical (unpaired) electrons. The number of aromatic amines is 1. The molecule has 12 nitrogen and oxygen atoms in total. The predicted octanol–water partition coefficient (Wildman–Crippen LogP) is -2.04. The number of aliphatic hydroxyl groups is 5. The van der Waals surface area contributed by atoms with E-state index in [9.17, 15) is 24.9 Å². The molecule has 3 atom stereocenters. The number of nitrogens with zero attached hydrogens (tertiary/aromatic N) is 4. The van der Waals surface area contributed by atoms with Crippen LogP contribution in [0.2, 0.25) is 0 Å². The minimum Gasteiger partial charge on any atom is -0.394 e.